The van der Waals surface area contributed by atoms with E-state index in [1.807, 2.05) is 24.9 Å². The maximum absolute atomic E-state index is 12.2. The standard InChI is InChI=1S/C11H16BrN3O/c1-8-7-10(14(2)13-8)11(16)15-5-3-9(12)4-6-15/h7,9H,3-6H2,1-2H3. The normalized spacial score (nSPS) is 17.8. The molecule has 1 aromatic heterocycles. The summed E-state index contributed by atoms with van der Waals surface area (Å²) >= 11 is 3.58. The van der Waals surface area contributed by atoms with Gasteiger partial charge in [0.2, 0.25) is 0 Å². The molecule has 0 aliphatic carbocycles. The Balaban J connectivity index is 2.10. The summed E-state index contributed by atoms with van der Waals surface area (Å²) < 4.78 is 1.66. The van der Waals surface area contributed by atoms with E-state index in [2.05, 4.69) is 21.0 Å². The molecule has 0 N–H and O–H groups in total. The number of nitrogens with zero attached hydrogens (tertiary/aromatic N) is 3. The van der Waals surface area contributed by atoms with E-state index in [4.69, 9.17) is 0 Å². The van der Waals surface area contributed by atoms with E-state index in [-0.39, 0.29) is 5.91 Å². The molecule has 2 heterocycles. The molecule has 5 heteroatoms. The van der Waals surface area contributed by atoms with E-state index in [1.165, 1.54) is 0 Å². The van der Waals surface area contributed by atoms with Crippen LogP contribution in [0.1, 0.15) is 29.0 Å². The van der Waals surface area contributed by atoms with Gasteiger partial charge in [-0.25, -0.2) is 0 Å². The molecule has 88 valence electrons. The number of rotatable bonds is 1. The van der Waals surface area contributed by atoms with Crippen LogP contribution in [0.5, 0.6) is 0 Å². The van der Waals surface area contributed by atoms with E-state index in [1.54, 1.807) is 4.68 Å². The van der Waals surface area contributed by atoms with Crippen molar-refractivity contribution in [1.82, 2.24) is 14.7 Å². The molecule has 0 aromatic carbocycles. The Morgan fingerprint density at radius 3 is 2.62 bits per heavy atom. The van der Waals surface area contributed by atoms with Crippen molar-refractivity contribution in [3.8, 4) is 0 Å². The average molecular weight is 286 g/mol. The first-order chi connectivity index (χ1) is 7.58. The summed E-state index contributed by atoms with van der Waals surface area (Å²) in [7, 11) is 1.82. The molecule has 1 aliphatic heterocycles. The predicted molar refractivity (Wildman–Crippen MR) is 65.8 cm³/mol. The SMILES string of the molecule is Cc1cc(C(=O)N2CCC(Br)CC2)n(C)n1. The van der Waals surface area contributed by atoms with Crippen LogP contribution in [0.2, 0.25) is 0 Å². The van der Waals surface area contributed by atoms with Crippen LogP contribution in [0, 0.1) is 6.92 Å². The van der Waals surface area contributed by atoms with E-state index in [9.17, 15) is 4.79 Å². The fourth-order valence-electron chi connectivity index (χ4n) is 2.02. The first-order valence-corrected chi connectivity index (χ1v) is 6.43. The largest absolute Gasteiger partial charge is 0.337 e. The van der Waals surface area contributed by atoms with Crippen LogP contribution in [0.4, 0.5) is 0 Å². The molecule has 1 fully saturated rings. The number of carbonyl (C=O) groups excluding carboxylic acids is 1. The Morgan fingerprint density at radius 2 is 2.12 bits per heavy atom. The van der Waals surface area contributed by atoms with Gasteiger partial charge in [0.15, 0.2) is 0 Å². The minimum Gasteiger partial charge on any atom is -0.337 e. The maximum atomic E-state index is 12.2. The highest BCUT2D eigenvalue weighted by Gasteiger charge is 2.24. The minimum absolute atomic E-state index is 0.0995. The lowest BCUT2D eigenvalue weighted by molar-refractivity contribution is 0.0717. The van der Waals surface area contributed by atoms with Crippen LogP contribution in [-0.4, -0.2) is 38.5 Å². The lowest BCUT2D eigenvalue weighted by atomic mass is 10.1. The number of alkyl halides is 1. The van der Waals surface area contributed by atoms with Crippen molar-refractivity contribution in [3.05, 3.63) is 17.5 Å². The molecule has 1 saturated heterocycles. The van der Waals surface area contributed by atoms with E-state index < -0.39 is 0 Å². The molecule has 1 amide bonds. The first-order valence-electron chi connectivity index (χ1n) is 5.52. The molecule has 1 aliphatic rings. The maximum Gasteiger partial charge on any atom is 0.272 e. The zero-order valence-electron chi connectivity index (χ0n) is 9.61. The van der Waals surface area contributed by atoms with Crippen LogP contribution in [0.25, 0.3) is 0 Å². The summed E-state index contributed by atoms with van der Waals surface area (Å²) in [5.41, 5.74) is 1.58. The second-order valence-corrected chi connectivity index (χ2v) is 5.56. The van der Waals surface area contributed by atoms with Crippen molar-refractivity contribution >= 4 is 21.8 Å². The number of halogens is 1. The molecule has 2 rings (SSSR count). The average Bonchev–Trinajstić information content (AvgIpc) is 2.58. The predicted octanol–water partition coefficient (Wildman–Crippen LogP) is 1.73. The number of likely N-dealkylation sites (tertiary alicyclic amines) is 1. The van der Waals surface area contributed by atoms with Gasteiger partial charge in [-0.1, -0.05) is 15.9 Å². The molecule has 1 aromatic rings. The second-order valence-electron chi connectivity index (χ2n) is 4.26. The first kappa shape index (κ1) is 11.6. The summed E-state index contributed by atoms with van der Waals surface area (Å²) in [5.74, 6) is 0.0995. The van der Waals surface area contributed by atoms with Gasteiger partial charge in [-0.2, -0.15) is 5.10 Å². The van der Waals surface area contributed by atoms with Crippen molar-refractivity contribution < 1.29 is 4.79 Å². The Labute approximate surface area is 104 Å². The van der Waals surface area contributed by atoms with Gasteiger partial charge in [0.25, 0.3) is 5.91 Å². The summed E-state index contributed by atoms with van der Waals surface area (Å²) in [6.45, 7) is 3.57. The zero-order valence-corrected chi connectivity index (χ0v) is 11.2. The molecule has 0 unspecified atom stereocenters. The molecule has 0 bridgehead atoms. The van der Waals surface area contributed by atoms with Gasteiger partial charge in [0.1, 0.15) is 5.69 Å². The Hall–Kier alpha value is -0.840. The Morgan fingerprint density at radius 1 is 1.50 bits per heavy atom. The third-order valence-electron chi connectivity index (χ3n) is 2.93. The lowest BCUT2D eigenvalue weighted by Crippen LogP contribution is -2.39. The Kier molecular flexibility index (Phi) is 3.33. The molecule has 16 heavy (non-hydrogen) atoms. The third-order valence-corrected chi connectivity index (χ3v) is 3.85. The molecular formula is C11H16BrN3O. The van der Waals surface area contributed by atoms with E-state index in [0.717, 1.165) is 31.6 Å². The van der Waals surface area contributed by atoms with Crippen molar-refractivity contribution in [3.63, 3.8) is 0 Å². The number of carbonyl (C=O) groups is 1. The monoisotopic (exact) mass is 285 g/mol. The van der Waals surface area contributed by atoms with Gasteiger partial charge in [0.05, 0.1) is 5.69 Å². The van der Waals surface area contributed by atoms with E-state index >= 15 is 0 Å². The van der Waals surface area contributed by atoms with Gasteiger partial charge in [-0.05, 0) is 25.8 Å². The fourth-order valence-corrected chi connectivity index (χ4v) is 2.43. The smallest absolute Gasteiger partial charge is 0.272 e. The second kappa shape index (κ2) is 4.57. The molecule has 4 nitrogen and oxygen atoms in total. The van der Waals surface area contributed by atoms with Crippen LogP contribution < -0.4 is 0 Å². The topological polar surface area (TPSA) is 38.1 Å². The summed E-state index contributed by atoms with van der Waals surface area (Å²) in [5, 5.41) is 4.20. The quantitative estimate of drug-likeness (QED) is 0.737. The summed E-state index contributed by atoms with van der Waals surface area (Å²) in [6.07, 6.45) is 2.06. The van der Waals surface area contributed by atoms with E-state index in [0.29, 0.717) is 10.5 Å². The van der Waals surface area contributed by atoms with Crippen molar-refractivity contribution in [2.45, 2.75) is 24.6 Å². The Bertz CT molecular complexity index is 394. The minimum atomic E-state index is 0.0995. The van der Waals surface area contributed by atoms with Crippen molar-refractivity contribution in [2.75, 3.05) is 13.1 Å². The number of aromatic nitrogens is 2. The van der Waals surface area contributed by atoms with Crippen molar-refractivity contribution in [2.24, 2.45) is 7.05 Å². The van der Waals surface area contributed by atoms with Gasteiger partial charge in [0, 0.05) is 25.0 Å². The highest BCUT2D eigenvalue weighted by atomic mass is 79.9. The number of aryl methyl sites for hydroxylation is 2. The molecule has 0 spiro atoms. The molecular weight excluding hydrogens is 270 g/mol. The van der Waals surface area contributed by atoms with Crippen molar-refractivity contribution in [1.29, 1.82) is 0 Å². The summed E-state index contributed by atoms with van der Waals surface area (Å²) in [4.78, 5) is 14.7. The van der Waals surface area contributed by atoms with Gasteiger partial charge in [-0.3, -0.25) is 9.48 Å². The zero-order chi connectivity index (χ0) is 11.7. The highest BCUT2D eigenvalue weighted by Crippen LogP contribution is 2.19. The number of piperidine rings is 1. The fraction of sp³-hybridized carbons (Fsp3) is 0.636. The van der Waals surface area contributed by atoms with Crippen LogP contribution in [0.15, 0.2) is 6.07 Å². The van der Waals surface area contributed by atoms with Crippen LogP contribution >= 0.6 is 15.9 Å². The number of hydrogen-bond donors (Lipinski definition) is 0. The lowest BCUT2D eigenvalue weighted by Gasteiger charge is -2.29. The molecule has 0 atom stereocenters. The van der Waals surface area contributed by atoms with Gasteiger partial charge < -0.3 is 4.90 Å². The number of hydrogen-bond acceptors (Lipinski definition) is 2. The highest BCUT2D eigenvalue weighted by molar-refractivity contribution is 9.09. The van der Waals surface area contributed by atoms with Crippen LogP contribution in [-0.2, 0) is 7.05 Å². The molecule has 0 radical (unpaired) electrons. The summed E-state index contributed by atoms with van der Waals surface area (Å²) in [6, 6.07) is 1.85. The number of amides is 1. The third kappa shape index (κ3) is 2.29. The van der Waals surface area contributed by atoms with Gasteiger partial charge in [-0.15, -0.1) is 0 Å². The van der Waals surface area contributed by atoms with Crippen LogP contribution in [0.3, 0.4) is 0 Å². The van der Waals surface area contributed by atoms with Gasteiger partial charge >= 0.3 is 0 Å². The molecule has 0 saturated carbocycles.